The minimum absolute atomic E-state index is 0.111. The highest BCUT2D eigenvalue weighted by atomic mass is 16.4. The smallest absolute Gasteiger partial charge is 0.352 e. The van der Waals surface area contributed by atoms with Gasteiger partial charge in [-0.2, -0.15) is 0 Å². The number of hydrogen-bond donors (Lipinski definition) is 3. The number of nitrogens with zero attached hydrogens (tertiary/aromatic N) is 1. The van der Waals surface area contributed by atoms with Gasteiger partial charge in [-0.15, -0.1) is 0 Å². The van der Waals surface area contributed by atoms with Crippen LogP contribution in [0.2, 0.25) is 0 Å². The molecule has 118 valence electrons. The third-order valence-electron chi connectivity index (χ3n) is 3.94. The Morgan fingerprint density at radius 2 is 1.83 bits per heavy atom. The number of fused-ring (bicyclic) bond motifs is 1. The van der Waals surface area contributed by atoms with E-state index in [2.05, 4.69) is 4.98 Å². The van der Waals surface area contributed by atoms with Crippen LogP contribution in [0.4, 0.5) is 0 Å². The second-order valence-electron chi connectivity index (χ2n) is 5.73. The number of nitrogens with one attached hydrogen (secondary N) is 1. The molecule has 5 heteroatoms. The van der Waals surface area contributed by atoms with Crippen LogP contribution in [-0.2, 0) is 0 Å². The van der Waals surface area contributed by atoms with Gasteiger partial charge in [0.05, 0.1) is 6.04 Å². The third kappa shape index (κ3) is 2.66. The molecular weight excluding hydrogens is 292 g/mol. The van der Waals surface area contributed by atoms with E-state index in [0.29, 0.717) is 16.5 Å². The molecule has 2 aromatic carbocycles. The summed E-state index contributed by atoms with van der Waals surface area (Å²) in [5, 5.41) is 20.1. The lowest BCUT2D eigenvalue weighted by Crippen LogP contribution is -2.22. The quantitative estimate of drug-likeness (QED) is 0.691. The van der Waals surface area contributed by atoms with E-state index in [1.807, 2.05) is 49.3 Å². The van der Waals surface area contributed by atoms with Crippen molar-refractivity contribution in [2.24, 2.45) is 0 Å². The molecule has 0 aliphatic rings. The van der Waals surface area contributed by atoms with Crippen LogP contribution in [0.3, 0.4) is 0 Å². The Balaban J connectivity index is 2.33. The Morgan fingerprint density at radius 3 is 2.43 bits per heavy atom. The lowest BCUT2D eigenvalue weighted by Gasteiger charge is -2.25. The SMILES string of the molecule is CN(C)C(c1ccccc1)c1c(C(=O)O)[nH]c2ccc(O)cc12. The number of benzene rings is 2. The molecule has 1 aromatic heterocycles. The van der Waals surface area contributed by atoms with E-state index in [4.69, 9.17) is 0 Å². The van der Waals surface area contributed by atoms with Crippen molar-refractivity contribution < 1.29 is 15.0 Å². The highest BCUT2D eigenvalue weighted by molar-refractivity contribution is 5.98. The molecule has 0 aliphatic carbocycles. The predicted molar refractivity (Wildman–Crippen MR) is 88.9 cm³/mol. The molecule has 1 unspecified atom stereocenters. The van der Waals surface area contributed by atoms with Crippen molar-refractivity contribution >= 4 is 16.9 Å². The average Bonchev–Trinajstić information content (AvgIpc) is 2.87. The molecule has 3 aromatic rings. The normalized spacial score (nSPS) is 12.7. The number of carbonyl (C=O) groups is 1. The highest BCUT2D eigenvalue weighted by Gasteiger charge is 2.27. The van der Waals surface area contributed by atoms with Gasteiger partial charge in [0.25, 0.3) is 0 Å². The summed E-state index contributed by atoms with van der Waals surface area (Å²) in [5.74, 6) is -0.904. The molecule has 0 fully saturated rings. The maximum Gasteiger partial charge on any atom is 0.352 e. The molecule has 23 heavy (non-hydrogen) atoms. The standard InChI is InChI=1S/C18H18N2O3/c1-20(2)17(11-6-4-3-5-7-11)15-13-10-12(21)8-9-14(13)19-16(15)18(22)23/h3-10,17,19,21H,1-2H3,(H,22,23). The van der Waals surface area contributed by atoms with Crippen LogP contribution in [0.15, 0.2) is 48.5 Å². The average molecular weight is 310 g/mol. The summed E-state index contributed by atoms with van der Waals surface area (Å²) in [5.41, 5.74) is 2.48. The molecule has 3 rings (SSSR count). The summed E-state index contributed by atoms with van der Waals surface area (Å²) >= 11 is 0. The Morgan fingerprint density at radius 1 is 1.13 bits per heavy atom. The Bertz CT molecular complexity index is 853. The van der Waals surface area contributed by atoms with Gasteiger partial charge in [-0.05, 0) is 37.9 Å². The number of aromatic amines is 1. The van der Waals surface area contributed by atoms with Gasteiger partial charge in [-0.1, -0.05) is 30.3 Å². The fourth-order valence-electron chi connectivity index (χ4n) is 3.01. The van der Waals surface area contributed by atoms with Crippen molar-refractivity contribution in [3.63, 3.8) is 0 Å². The number of aromatic carboxylic acids is 1. The summed E-state index contributed by atoms with van der Waals surface area (Å²) in [6, 6.07) is 14.3. The first-order valence-corrected chi connectivity index (χ1v) is 7.28. The van der Waals surface area contributed by atoms with Gasteiger partial charge in [-0.25, -0.2) is 4.79 Å². The van der Waals surface area contributed by atoms with E-state index in [1.165, 1.54) is 0 Å². The summed E-state index contributed by atoms with van der Waals surface area (Å²) in [7, 11) is 3.82. The number of H-pyrrole nitrogens is 1. The summed E-state index contributed by atoms with van der Waals surface area (Å²) in [6.07, 6.45) is 0. The van der Waals surface area contributed by atoms with Crippen molar-refractivity contribution in [1.82, 2.24) is 9.88 Å². The number of phenolic OH excluding ortho intramolecular Hbond substituents is 1. The van der Waals surface area contributed by atoms with Gasteiger partial charge < -0.3 is 15.2 Å². The highest BCUT2D eigenvalue weighted by Crippen LogP contribution is 2.36. The van der Waals surface area contributed by atoms with Gasteiger partial charge in [0, 0.05) is 16.5 Å². The van der Waals surface area contributed by atoms with E-state index in [-0.39, 0.29) is 17.5 Å². The van der Waals surface area contributed by atoms with Crippen LogP contribution in [0, 0.1) is 0 Å². The molecule has 1 atom stereocenters. The monoisotopic (exact) mass is 310 g/mol. The van der Waals surface area contributed by atoms with E-state index in [0.717, 1.165) is 5.56 Å². The first kappa shape index (κ1) is 15.1. The fourth-order valence-corrected chi connectivity index (χ4v) is 3.01. The first-order chi connectivity index (χ1) is 11.0. The molecule has 5 nitrogen and oxygen atoms in total. The van der Waals surface area contributed by atoms with E-state index >= 15 is 0 Å². The molecule has 0 saturated heterocycles. The van der Waals surface area contributed by atoms with Gasteiger partial charge in [-0.3, -0.25) is 4.90 Å². The maximum absolute atomic E-state index is 11.7. The van der Waals surface area contributed by atoms with Gasteiger partial charge in [0.15, 0.2) is 0 Å². The summed E-state index contributed by atoms with van der Waals surface area (Å²) in [6.45, 7) is 0. The zero-order valence-electron chi connectivity index (χ0n) is 12.9. The number of aromatic nitrogens is 1. The Kier molecular flexibility index (Phi) is 3.80. The van der Waals surface area contributed by atoms with Crippen LogP contribution in [0.1, 0.15) is 27.7 Å². The summed E-state index contributed by atoms with van der Waals surface area (Å²) < 4.78 is 0. The minimum Gasteiger partial charge on any atom is -0.508 e. The largest absolute Gasteiger partial charge is 0.508 e. The third-order valence-corrected chi connectivity index (χ3v) is 3.94. The first-order valence-electron chi connectivity index (χ1n) is 7.28. The van der Waals surface area contributed by atoms with Crippen molar-refractivity contribution in [2.75, 3.05) is 14.1 Å². The lowest BCUT2D eigenvalue weighted by atomic mass is 9.95. The zero-order chi connectivity index (χ0) is 16.6. The molecule has 0 amide bonds. The van der Waals surface area contributed by atoms with Crippen LogP contribution < -0.4 is 0 Å². The van der Waals surface area contributed by atoms with Gasteiger partial charge in [0.2, 0.25) is 0 Å². The number of hydrogen-bond acceptors (Lipinski definition) is 3. The molecule has 0 aliphatic heterocycles. The Labute approximate surface area is 133 Å². The van der Waals surface area contributed by atoms with Gasteiger partial charge >= 0.3 is 5.97 Å². The van der Waals surface area contributed by atoms with Gasteiger partial charge in [0.1, 0.15) is 11.4 Å². The number of carboxylic acid groups (broad SMARTS) is 1. The van der Waals surface area contributed by atoms with E-state index in [9.17, 15) is 15.0 Å². The molecule has 1 heterocycles. The molecule has 3 N–H and O–H groups in total. The van der Waals surface area contributed by atoms with Crippen molar-refractivity contribution in [3.8, 4) is 5.75 Å². The topological polar surface area (TPSA) is 76.6 Å². The minimum atomic E-state index is -1.02. The zero-order valence-corrected chi connectivity index (χ0v) is 12.9. The van der Waals surface area contributed by atoms with Crippen LogP contribution in [0.25, 0.3) is 10.9 Å². The Hall–Kier alpha value is -2.79. The fraction of sp³-hybridized carbons (Fsp3) is 0.167. The van der Waals surface area contributed by atoms with Crippen LogP contribution >= 0.6 is 0 Å². The molecule has 0 spiro atoms. The predicted octanol–water partition coefficient (Wildman–Crippen LogP) is 3.22. The number of aromatic hydroxyl groups is 1. The van der Waals surface area contributed by atoms with Crippen molar-refractivity contribution in [1.29, 1.82) is 0 Å². The van der Waals surface area contributed by atoms with Crippen LogP contribution in [0.5, 0.6) is 5.75 Å². The summed E-state index contributed by atoms with van der Waals surface area (Å²) in [4.78, 5) is 16.6. The molecule has 0 radical (unpaired) electrons. The van der Waals surface area contributed by atoms with Crippen molar-refractivity contribution in [2.45, 2.75) is 6.04 Å². The molecule has 0 bridgehead atoms. The maximum atomic E-state index is 11.7. The van der Waals surface area contributed by atoms with E-state index in [1.54, 1.807) is 18.2 Å². The van der Waals surface area contributed by atoms with E-state index < -0.39 is 5.97 Å². The second kappa shape index (κ2) is 5.78. The number of rotatable bonds is 4. The number of phenols is 1. The lowest BCUT2D eigenvalue weighted by molar-refractivity contribution is 0.0689. The molecule has 0 saturated carbocycles. The van der Waals surface area contributed by atoms with Crippen LogP contribution in [-0.4, -0.2) is 40.2 Å². The molecular formula is C18H18N2O3. The second-order valence-corrected chi connectivity index (χ2v) is 5.73. The van der Waals surface area contributed by atoms with Crippen molar-refractivity contribution in [3.05, 3.63) is 65.4 Å². The number of carboxylic acids is 1.